The van der Waals surface area contributed by atoms with Crippen LogP contribution in [0.2, 0.25) is 0 Å². The summed E-state index contributed by atoms with van der Waals surface area (Å²) < 4.78 is 0. The van der Waals surface area contributed by atoms with Crippen molar-refractivity contribution < 1.29 is 10.2 Å². The number of aliphatic hydroxyl groups is 2. The molecule has 0 saturated carbocycles. The van der Waals surface area contributed by atoms with E-state index in [1.807, 2.05) is 0 Å². The van der Waals surface area contributed by atoms with E-state index in [4.69, 9.17) is 21.7 Å². The zero-order valence-corrected chi connectivity index (χ0v) is 18.2. The van der Waals surface area contributed by atoms with Gasteiger partial charge >= 0.3 is 0 Å². The van der Waals surface area contributed by atoms with Crippen LogP contribution in [0.4, 0.5) is 0 Å². The van der Waals surface area contributed by atoms with Crippen LogP contribution in [-0.2, 0) is 0 Å². The molecule has 0 atom stereocenters. The van der Waals surface area contributed by atoms with E-state index in [9.17, 15) is 0 Å². The van der Waals surface area contributed by atoms with E-state index in [0.29, 0.717) is 25.3 Å². The molecule has 6 heteroatoms. The highest BCUT2D eigenvalue weighted by Crippen LogP contribution is 2.11. The minimum atomic E-state index is 0.346. The molecule has 28 heavy (non-hydrogen) atoms. The third kappa shape index (κ3) is 13.9. The van der Waals surface area contributed by atoms with Crippen LogP contribution in [0.3, 0.4) is 0 Å². The van der Waals surface area contributed by atoms with Crippen molar-refractivity contribution in [1.29, 1.82) is 0 Å². The zero-order valence-electron chi connectivity index (χ0n) is 18.2. The van der Waals surface area contributed by atoms with Gasteiger partial charge in [0.2, 0.25) is 0 Å². The summed E-state index contributed by atoms with van der Waals surface area (Å²) in [4.78, 5) is 5.03. The van der Waals surface area contributed by atoms with Crippen LogP contribution in [-0.4, -0.2) is 84.6 Å². The summed E-state index contributed by atoms with van der Waals surface area (Å²) in [6.07, 6.45) is 14.0. The molecule has 0 aliphatic carbocycles. The minimum Gasteiger partial charge on any atom is -0.396 e. The highest BCUT2D eigenvalue weighted by molar-refractivity contribution is 4.74. The first-order chi connectivity index (χ1) is 13.7. The van der Waals surface area contributed by atoms with E-state index in [2.05, 4.69) is 9.80 Å². The van der Waals surface area contributed by atoms with Gasteiger partial charge in [-0.2, -0.15) is 0 Å². The average molecular weight is 401 g/mol. The van der Waals surface area contributed by atoms with Crippen molar-refractivity contribution in [2.24, 2.45) is 11.5 Å². The first-order valence-electron chi connectivity index (χ1n) is 11.8. The van der Waals surface area contributed by atoms with Crippen LogP contribution < -0.4 is 11.5 Å². The Hall–Kier alpha value is -0.240. The minimum absolute atomic E-state index is 0.346. The number of hydrogen-bond acceptors (Lipinski definition) is 6. The molecule has 2 rings (SSSR count). The Balaban J connectivity index is 0.000000280. The molecular formula is C22H48N4O2. The lowest BCUT2D eigenvalue weighted by Crippen LogP contribution is -2.39. The molecule has 0 amide bonds. The fourth-order valence-corrected chi connectivity index (χ4v) is 3.95. The van der Waals surface area contributed by atoms with E-state index in [1.165, 1.54) is 77.8 Å². The molecule has 6 nitrogen and oxygen atoms in total. The second-order valence-corrected chi connectivity index (χ2v) is 8.63. The molecule has 2 aliphatic heterocycles. The molecule has 0 radical (unpaired) electrons. The average Bonchev–Trinajstić information content (AvgIpc) is 2.71. The van der Waals surface area contributed by atoms with E-state index in [0.717, 1.165) is 38.5 Å². The number of aliphatic hydroxyl groups excluding tert-OH is 2. The van der Waals surface area contributed by atoms with E-state index in [-0.39, 0.29) is 0 Å². The Morgan fingerprint density at radius 3 is 1.18 bits per heavy atom. The standard InChI is InChI=1S/2C11H24N2O/c2*12-11-5-8-13(9-6-11)7-3-1-2-4-10-14/h2*11,14H,1-10,12H2. The predicted molar refractivity (Wildman–Crippen MR) is 118 cm³/mol. The first kappa shape index (κ1) is 25.8. The molecule has 0 aromatic heterocycles. The maximum absolute atomic E-state index is 8.62. The number of likely N-dealkylation sites (tertiary alicyclic amines) is 2. The lowest BCUT2D eigenvalue weighted by Gasteiger charge is -2.29. The number of nitrogens with two attached hydrogens (primary N) is 2. The van der Waals surface area contributed by atoms with Crippen LogP contribution in [0, 0.1) is 0 Å². The van der Waals surface area contributed by atoms with Crippen LogP contribution in [0.15, 0.2) is 0 Å². The highest BCUT2D eigenvalue weighted by Gasteiger charge is 2.15. The van der Waals surface area contributed by atoms with Crippen molar-refractivity contribution in [2.75, 3.05) is 52.5 Å². The smallest absolute Gasteiger partial charge is 0.0431 e. The van der Waals surface area contributed by atoms with Gasteiger partial charge in [0.15, 0.2) is 0 Å². The molecule has 0 unspecified atom stereocenters. The van der Waals surface area contributed by atoms with Crippen molar-refractivity contribution in [2.45, 2.75) is 89.1 Å². The lowest BCUT2D eigenvalue weighted by molar-refractivity contribution is 0.208. The number of hydrogen-bond donors (Lipinski definition) is 4. The predicted octanol–water partition coefficient (Wildman–Crippen LogP) is 1.92. The molecule has 0 aromatic carbocycles. The number of nitrogens with zero attached hydrogens (tertiary/aromatic N) is 2. The third-order valence-electron chi connectivity index (χ3n) is 6.03. The van der Waals surface area contributed by atoms with Gasteiger partial charge in [0.1, 0.15) is 0 Å². The Kier molecular flexibility index (Phi) is 16.2. The van der Waals surface area contributed by atoms with Crippen LogP contribution >= 0.6 is 0 Å². The van der Waals surface area contributed by atoms with E-state index in [1.54, 1.807) is 0 Å². The van der Waals surface area contributed by atoms with Crippen molar-refractivity contribution in [3.05, 3.63) is 0 Å². The molecule has 0 spiro atoms. The Labute approximate surface area is 173 Å². The molecule has 2 saturated heterocycles. The zero-order chi connectivity index (χ0) is 20.5. The summed E-state index contributed by atoms with van der Waals surface area (Å²) in [5, 5.41) is 17.2. The van der Waals surface area contributed by atoms with Gasteiger partial charge in [0.25, 0.3) is 0 Å². The highest BCUT2D eigenvalue weighted by atomic mass is 16.3. The third-order valence-corrected chi connectivity index (χ3v) is 6.03. The van der Waals surface area contributed by atoms with Crippen molar-refractivity contribution >= 4 is 0 Å². The van der Waals surface area contributed by atoms with Gasteiger partial charge in [-0.3, -0.25) is 0 Å². The van der Waals surface area contributed by atoms with Crippen LogP contribution in [0.5, 0.6) is 0 Å². The summed E-state index contributed by atoms with van der Waals surface area (Å²) in [6.45, 7) is 7.86. The van der Waals surface area contributed by atoms with Gasteiger partial charge in [-0.25, -0.2) is 0 Å². The summed E-state index contributed by atoms with van der Waals surface area (Å²) in [7, 11) is 0. The van der Waals surface area contributed by atoms with Gasteiger partial charge in [0.05, 0.1) is 0 Å². The Morgan fingerprint density at radius 1 is 0.536 bits per heavy atom. The van der Waals surface area contributed by atoms with Crippen LogP contribution in [0.1, 0.15) is 77.0 Å². The van der Waals surface area contributed by atoms with Gasteiger partial charge in [-0.15, -0.1) is 0 Å². The lowest BCUT2D eigenvalue weighted by atomic mass is 10.1. The molecule has 2 aliphatic rings. The molecular weight excluding hydrogens is 352 g/mol. The SMILES string of the molecule is NC1CCN(CCCCCCO)CC1.NC1CCN(CCCCCCO)CC1. The van der Waals surface area contributed by atoms with Crippen molar-refractivity contribution in [3.8, 4) is 0 Å². The number of unbranched alkanes of at least 4 members (excludes halogenated alkanes) is 6. The fraction of sp³-hybridized carbons (Fsp3) is 1.00. The molecule has 0 bridgehead atoms. The van der Waals surface area contributed by atoms with E-state index >= 15 is 0 Å². The second-order valence-electron chi connectivity index (χ2n) is 8.63. The molecule has 168 valence electrons. The molecule has 2 fully saturated rings. The van der Waals surface area contributed by atoms with Crippen molar-refractivity contribution in [3.63, 3.8) is 0 Å². The summed E-state index contributed by atoms with van der Waals surface area (Å²) in [6, 6.07) is 0.890. The summed E-state index contributed by atoms with van der Waals surface area (Å²) >= 11 is 0. The topological polar surface area (TPSA) is 99.0 Å². The largest absolute Gasteiger partial charge is 0.396 e. The fourth-order valence-electron chi connectivity index (χ4n) is 3.95. The van der Waals surface area contributed by atoms with Crippen LogP contribution in [0.25, 0.3) is 0 Å². The van der Waals surface area contributed by atoms with Gasteiger partial charge in [-0.05, 0) is 90.6 Å². The Morgan fingerprint density at radius 2 is 0.857 bits per heavy atom. The monoisotopic (exact) mass is 400 g/mol. The Bertz CT molecular complexity index is 298. The van der Waals surface area contributed by atoms with Gasteiger partial charge in [-0.1, -0.05) is 25.7 Å². The van der Waals surface area contributed by atoms with Crippen molar-refractivity contribution in [1.82, 2.24) is 9.80 Å². The molecule has 0 aromatic rings. The maximum Gasteiger partial charge on any atom is 0.0431 e. The maximum atomic E-state index is 8.62. The normalized spacial score (nSPS) is 20.1. The summed E-state index contributed by atoms with van der Waals surface area (Å²) in [5.74, 6) is 0. The quantitative estimate of drug-likeness (QED) is 0.374. The molecule has 6 N–H and O–H groups in total. The second kappa shape index (κ2) is 17.6. The summed E-state index contributed by atoms with van der Waals surface area (Å²) in [5.41, 5.74) is 11.7. The van der Waals surface area contributed by atoms with Gasteiger partial charge < -0.3 is 31.5 Å². The first-order valence-corrected chi connectivity index (χ1v) is 11.8. The molecule has 2 heterocycles. The number of rotatable bonds is 12. The number of piperidine rings is 2. The van der Waals surface area contributed by atoms with E-state index < -0.39 is 0 Å². The van der Waals surface area contributed by atoms with Gasteiger partial charge in [0, 0.05) is 25.3 Å².